The average molecular weight is 374 g/mol. The lowest BCUT2D eigenvalue weighted by Crippen LogP contribution is -2.52. The van der Waals surface area contributed by atoms with Gasteiger partial charge in [-0.1, -0.05) is 12.1 Å². The Morgan fingerprint density at radius 2 is 1.78 bits per heavy atom. The number of piperazine rings is 1. The summed E-state index contributed by atoms with van der Waals surface area (Å²) in [5.41, 5.74) is 1.13. The third-order valence-corrected chi connectivity index (χ3v) is 5.16. The lowest BCUT2D eigenvalue weighted by atomic mass is 10.2. The number of aliphatic imine (C=N–C) groups is 1. The summed E-state index contributed by atoms with van der Waals surface area (Å²) in [6, 6.07) is 8.13. The zero-order valence-electron chi connectivity index (χ0n) is 16.5. The van der Waals surface area contributed by atoms with Gasteiger partial charge < -0.3 is 24.8 Å². The molecule has 0 aromatic heterocycles. The highest BCUT2D eigenvalue weighted by Crippen LogP contribution is 2.28. The van der Waals surface area contributed by atoms with E-state index in [4.69, 9.17) is 4.74 Å². The third-order valence-electron chi connectivity index (χ3n) is 5.16. The van der Waals surface area contributed by atoms with Crippen molar-refractivity contribution < 1.29 is 9.53 Å². The summed E-state index contributed by atoms with van der Waals surface area (Å²) >= 11 is 0. The number of para-hydroxylation sites is 2. The Labute approximate surface area is 162 Å². The van der Waals surface area contributed by atoms with Gasteiger partial charge in [0.15, 0.2) is 5.96 Å². The molecule has 1 amide bonds. The van der Waals surface area contributed by atoms with E-state index >= 15 is 0 Å². The van der Waals surface area contributed by atoms with Crippen molar-refractivity contribution in [2.75, 3.05) is 64.4 Å². The molecule has 2 aliphatic heterocycles. The molecule has 0 aliphatic carbocycles. The quantitative estimate of drug-likeness (QED) is 0.625. The number of likely N-dealkylation sites (tertiary alicyclic amines) is 1. The Bertz CT molecular complexity index is 650. The van der Waals surface area contributed by atoms with E-state index in [9.17, 15) is 4.79 Å². The van der Waals surface area contributed by atoms with E-state index < -0.39 is 0 Å². The highest BCUT2D eigenvalue weighted by atomic mass is 16.5. The van der Waals surface area contributed by atoms with Crippen molar-refractivity contribution in [1.29, 1.82) is 0 Å². The molecule has 1 N–H and O–H groups in total. The summed E-state index contributed by atoms with van der Waals surface area (Å²) in [6.45, 7) is 8.35. The zero-order valence-corrected chi connectivity index (χ0v) is 16.5. The summed E-state index contributed by atoms with van der Waals surface area (Å²) in [5, 5.41) is 3.34. The maximum absolute atomic E-state index is 12.3. The number of anilines is 1. The van der Waals surface area contributed by atoms with Gasteiger partial charge in [0, 0.05) is 45.8 Å². The van der Waals surface area contributed by atoms with Crippen molar-refractivity contribution in [3.05, 3.63) is 24.3 Å². The number of hydrogen-bond donors (Lipinski definition) is 1. The molecule has 1 aromatic rings. The number of carbonyl (C=O) groups is 1. The number of amides is 1. The van der Waals surface area contributed by atoms with Crippen molar-refractivity contribution in [2.45, 2.75) is 19.8 Å². The van der Waals surface area contributed by atoms with E-state index in [0.717, 1.165) is 76.1 Å². The largest absolute Gasteiger partial charge is 0.495 e. The number of nitrogens with one attached hydrogen (secondary N) is 1. The number of ether oxygens (including phenoxy) is 1. The third kappa shape index (κ3) is 4.84. The van der Waals surface area contributed by atoms with Gasteiger partial charge >= 0.3 is 0 Å². The van der Waals surface area contributed by atoms with E-state index in [1.807, 2.05) is 23.1 Å². The minimum Gasteiger partial charge on any atom is -0.495 e. The van der Waals surface area contributed by atoms with Gasteiger partial charge in [-0.25, -0.2) is 4.99 Å². The van der Waals surface area contributed by atoms with Gasteiger partial charge in [0.2, 0.25) is 5.91 Å². The van der Waals surface area contributed by atoms with Crippen LogP contribution in [0, 0.1) is 0 Å². The number of hydrogen-bond acceptors (Lipinski definition) is 4. The molecule has 0 spiro atoms. The molecule has 0 radical (unpaired) electrons. The minimum atomic E-state index is 0.135. The molecule has 0 unspecified atom stereocenters. The maximum Gasteiger partial charge on any atom is 0.244 e. The number of benzene rings is 1. The minimum absolute atomic E-state index is 0.135. The molecule has 7 heteroatoms. The van der Waals surface area contributed by atoms with Gasteiger partial charge in [-0.05, 0) is 31.9 Å². The van der Waals surface area contributed by atoms with Gasteiger partial charge in [-0.3, -0.25) is 4.79 Å². The molecule has 0 bridgehead atoms. The molecule has 3 rings (SSSR count). The zero-order chi connectivity index (χ0) is 19.1. The molecule has 0 atom stereocenters. The Hall–Kier alpha value is -2.44. The maximum atomic E-state index is 12.3. The number of rotatable bonds is 5. The van der Waals surface area contributed by atoms with Gasteiger partial charge in [0.25, 0.3) is 0 Å². The molecule has 7 nitrogen and oxygen atoms in total. The predicted molar refractivity (Wildman–Crippen MR) is 109 cm³/mol. The smallest absolute Gasteiger partial charge is 0.244 e. The van der Waals surface area contributed by atoms with Crippen LogP contribution < -0.4 is 15.0 Å². The second kappa shape index (κ2) is 9.48. The SMILES string of the molecule is CCNC(=NCC(=O)N1CCCC1)N1CCN(c2ccccc2OC)CC1. The van der Waals surface area contributed by atoms with Crippen LogP contribution >= 0.6 is 0 Å². The number of nitrogens with zero attached hydrogens (tertiary/aromatic N) is 4. The molecule has 2 aliphatic rings. The van der Waals surface area contributed by atoms with E-state index in [-0.39, 0.29) is 12.5 Å². The second-order valence-electron chi connectivity index (χ2n) is 6.90. The first-order chi connectivity index (χ1) is 13.2. The van der Waals surface area contributed by atoms with Gasteiger partial charge in [-0.2, -0.15) is 0 Å². The van der Waals surface area contributed by atoms with Crippen molar-refractivity contribution in [1.82, 2.24) is 15.1 Å². The lowest BCUT2D eigenvalue weighted by Gasteiger charge is -2.38. The molecule has 27 heavy (non-hydrogen) atoms. The van der Waals surface area contributed by atoms with E-state index in [1.165, 1.54) is 0 Å². The molecule has 148 valence electrons. The fourth-order valence-electron chi connectivity index (χ4n) is 3.69. The number of methoxy groups -OCH3 is 1. The Morgan fingerprint density at radius 3 is 2.44 bits per heavy atom. The van der Waals surface area contributed by atoms with Crippen molar-refractivity contribution in [2.24, 2.45) is 4.99 Å². The molecule has 2 saturated heterocycles. The van der Waals surface area contributed by atoms with Crippen LogP contribution in [-0.4, -0.2) is 81.1 Å². The summed E-state index contributed by atoms with van der Waals surface area (Å²) in [5.74, 6) is 1.88. The molecule has 2 fully saturated rings. The van der Waals surface area contributed by atoms with E-state index in [1.54, 1.807) is 7.11 Å². The van der Waals surface area contributed by atoms with Crippen molar-refractivity contribution >= 4 is 17.6 Å². The van der Waals surface area contributed by atoms with Crippen LogP contribution in [0.15, 0.2) is 29.3 Å². The van der Waals surface area contributed by atoms with Gasteiger partial charge in [-0.15, -0.1) is 0 Å². The second-order valence-corrected chi connectivity index (χ2v) is 6.90. The normalized spacial score (nSPS) is 18.0. The Kier molecular flexibility index (Phi) is 6.79. The number of guanidine groups is 1. The van der Waals surface area contributed by atoms with Crippen LogP contribution in [-0.2, 0) is 4.79 Å². The molecule has 0 saturated carbocycles. The lowest BCUT2D eigenvalue weighted by molar-refractivity contribution is -0.128. The van der Waals surface area contributed by atoms with Gasteiger partial charge in [0.05, 0.1) is 12.8 Å². The summed E-state index contributed by atoms with van der Waals surface area (Å²) < 4.78 is 5.49. The predicted octanol–water partition coefficient (Wildman–Crippen LogP) is 1.41. The fourth-order valence-corrected chi connectivity index (χ4v) is 3.69. The Balaban J connectivity index is 1.59. The van der Waals surface area contributed by atoms with Crippen LogP contribution in [0.5, 0.6) is 5.75 Å². The van der Waals surface area contributed by atoms with Crippen LogP contribution in [0.1, 0.15) is 19.8 Å². The first kappa shape index (κ1) is 19.3. The average Bonchev–Trinajstić information content (AvgIpc) is 3.26. The summed E-state index contributed by atoms with van der Waals surface area (Å²) in [4.78, 5) is 23.4. The van der Waals surface area contributed by atoms with Crippen LogP contribution in [0.3, 0.4) is 0 Å². The van der Waals surface area contributed by atoms with Crippen molar-refractivity contribution in [3.8, 4) is 5.75 Å². The van der Waals surface area contributed by atoms with E-state index in [0.29, 0.717) is 0 Å². The monoisotopic (exact) mass is 373 g/mol. The highest BCUT2D eigenvalue weighted by Gasteiger charge is 2.22. The first-order valence-electron chi connectivity index (χ1n) is 9.92. The highest BCUT2D eigenvalue weighted by molar-refractivity contribution is 5.85. The molecule has 2 heterocycles. The van der Waals surface area contributed by atoms with Crippen LogP contribution in [0.25, 0.3) is 0 Å². The van der Waals surface area contributed by atoms with E-state index in [2.05, 4.69) is 33.1 Å². The topological polar surface area (TPSA) is 60.4 Å². The summed E-state index contributed by atoms with van der Waals surface area (Å²) in [7, 11) is 1.71. The Morgan fingerprint density at radius 1 is 1.07 bits per heavy atom. The standard InChI is InChI=1S/C20H31N5O2/c1-3-21-20(22-16-19(26)24-10-6-7-11-24)25-14-12-23(13-15-25)17-8-4-5-9-18(17)27-2/h4-5,8-9H,3,6-7,10-16H2,1-2H3,(H,21,22). The molecular weight excluding hydrogens is 342 g/mol. The molecule has 1 aromatic carbocycles. The fraction of sp³-hybridized carbons (Fsp3) is 0.600. The van der Waals surface area contributed by atoms with Crippen LogP contribution in [0.4, 0.5) is 5.69 Å². The van der Waals surface area contributed by atoms with Crippen molar-refractivity contribution in [3.63, 3.8) is 0 Å². The van der Waals surface area contributed by atoms with Gasteiger partial charge in [0.1, 0.15) is 12.3 Å². The molecular formula is C20H31N5O2. The first-order valence-corrected chi connectivity index (χ1v) is 9.92. The summed E-state index contributed by atoms with van der Waals surface area (Å²) in [6.07, 6.45) is 2.22. The van der Waals surface area contributed by atoms with Crippen LogP contribution in [0.2, 0.25) is 0 Å². The number of carbonyl (C=O) groups excluding carboxylic acids is 1.